The molecule has 1 atom stereocenters. The minimum atomic E-state index is 0.327. The Hall–Kier alpha value is -0.640. The number of nitrogens with two attached hydrogens (primary N) is 1. The van der Waals surface area contributed by atoms with Gasteiger partial charge in [0.15, 0.2) is 0 Å². The first-order valence-corrected chi connectivity index (χ1v) is 7.00. The summed E-state index contributed by atoms with van der Waals surface area (Å²) in [6, 6.07) is 2.51. The van der Waals surface area contributed by atoms with Gasteiger partial charge in [0.25, 0.3) is 0 Å². The van der Waals surface area contributed by atoms with Gasteiger partial charge in [0.1, 0.15) is 0 Å². The fourth-order valence-electron chi connectivity index (χ4n) is 2.30. The van der Waals surface area contributed by atoms with Crippen molar-refractivity contribution in [2.24, 2.45) is 5.84 Å². The van der Waals surface area contributed by atoms with Crippen LogP contribution >= 0.6 is 11.3 Å². The Bertz CT molecular complexity index is 330. The van der Waals surface area contributed by atoms with Crippen molar-refractivity contribution < 1.29 is 0 Å². The predicted molar refractivity (Wildman–Crippen MR) is 70.3 cm³/mol. The Morgan fingerprint density at radius 3 is 3.06 bits per heavy atom. The number of allylic oxidation sites excluding steroid dienone is 1. The Morgan fingerprint density at radius 1 is 1.38 bits per heavy atom. The van der Waals surface area contributed by atoms with Crippen LogP contribution in [0.5, 0.6) is 0 Å². The van der Waals surface area contributed by atoms with Gasteiger partial charge in [0, 0.05) is 6.04 Å². The third-order valence-electron chi connectivity index (χ3n) is 3.24. The van der Waals surface area contributed by atoms with E-state index >= 15 is 0 Å². The fourth-order valence-corrected chi connectivity index (χ4v) is 2.98. The molecule has 1 heterocycles. The number of thiophene rings is 1. The zero-order chi connectivity index (χ0) is 11.2. The zero-order valence-corrected chi connectivity index (χ0v) is 10.4. The summed E-state index contributed by atoms with van der Waals surface area (Å²) < 4.78 is 0. The molecule has 3 heteroatoms. The molecule has 0 saturated heterocycles. The van der Waals surface area contributed by atoms with Crippen molar-refractivity contribution in [1.29, 1.82) is 0 Å². The first-order chi connectivity index (χ1) is 7.90. The van der Waals surface area contributed by atoms with Gasteiger partial charge in [0.2, 0.25) is 0 Å². The van der Waals surface area contributed by atoms with Gasteiger partial charge in [-0.1, -0.05) is 18.1 Å². The molecule has 0 saturated carbocycles. The third kappa shape index (κ3) is 3.17. The van der Waals surface area contributed by atoms with Crippen LogP contribution in [0.1, 0.15) is 37.7 Å². The largest absolute Gasteiger partial charge is 0.271 e. The maximum atomic E-state index is 5.68. The lowest BCUT2D eigenvalue weighted by Crippen LogP contribution is -2.38. The highest BCUT2D eigenvalue weighted by Gasteiger charge is 2.14. The molecule has 0 fully saturated rings. The Morgan fingerprint density at radius 2 is 2.31 bits per heavy atom. The van der Waals surface area contributed by atoms with E-state index in [2.05, 4.69) is 28.3 Å². The third-order valence-corrected chi connectivity index (χ3v) is 3.98. The summed E-state index contributed by atoms with van der Waals surface area (Å²) in [6.45, 7) is 0. The van der Waals surface area contributed by atoms with E-state index in [1.54, 1.807) is 11.3 Å². The van der Waals surface area contributed by atoms with Crippen LogP contribution in [0.4, 0.5) is 0 Å². The molecule has 0 amide bonds. The number of rotatable bonds is 4. The van der Waals surface area contributed by atoms with Crippen LogP contribution in [0, 0.1) is 0 Å². The van der Waals surface area contributed by atoms with Gasteiger partial charge in [-0.05, 0) is 54.5 Å². The van der Waals surface area contributed by atoms with Crippen LogP contribution < -0.4 is 11.3 Å². The molecular weight excluding hydrogens is 216 g/mol. The van der Waals surface area contributed by atoms with Crippen molar-refractivity contribution in [3.8, 4) is 0 Å². The van der Waals surface area contributed by atoms with E-state index in [0.29, 0.717) is 6.04 Å². The molecule has 88 valence electrons. The summed E-state index contributed by atoms with van der Waals surface area (Å²) in [5, 5.41) is 4.34. The van der Waals surface area contributed by atoms with Crippen molar-refractivity contribution in [1.82, 2.24) is 5.43 Å². The molecule has 0 radical (unpaired) electrons. The number of hydrogen-bond donors (Lipinski definition) is 2. The van der Waals surface area contributed by atoms with Crippen LogP contribution in [-0.4, -0.2) is 6.04 Å². The number of hydrogen-bond acceptors (Lipinski definition) is 3. The molecular formula is C13H20N2S. The summed E-state index contributed by atoms with van der Waals surface area (Å²) in [5.74, 6) is 5.68. The van der Waals surface area contributed by atoms with Crippen molar-refractivity contribution in [2.45, 2.75) is 44.6 Å². The van der Waals surface area contributed by atoms with Gasteiger partial charge in [-0.2, -0.15) is 11.3 Å². The van der Waals surface area contributed by atoms with Crippen LogP contribution in [0.2, 0.25) is 0 Å². The molecule has 16 heavy (non-hydrogen) atoms. The highest BCUT2D eigenvalue weighted by Crippen LogP contribution is 2.22. The second kappa shape index (κ2) is 6.18. The van der Waals surface area contributed by atoms with Gasteiger partial charge >= 0.3 is 0 Å². The Labute approximate surface area is 102 Å². The Balaban J connectivity index is 2.00. The zero-order valence-electron chi connectivity index (χ0n) is 9.61. The Kier molecular flexibility index (Phi) is 4.57. The van der Waals surface area contributed by atoms with Crippen LogP contribution in [0.15, 0.2) is 28.5 Å². The maximum absolute atomic E-state index is 5.68. The summed E-state index contributed by atoms with van der Waals surface area (Å²) in [5.41, 5.74) is 5.87. The lowest BCUT2D eigenvalue weighted by Gasteiger charge is -2.18. The molecule has 2 rings (SSSR count). The van der Waals surface area contributed by atoms with Gasteiger partial charge in [-0.15, -0.1) is 0 Å². The quantitative estimate of drug-likeness (QED) is 0.479. The van der Waals surface area contributed by atoms with E-state index in [-0.39, 0.29) is 0 Å². The second-order valence-electron chi connectivity index (χ2n) is 4.43. The average Bonchev–Trinajstić information content (AvgIpc) is 2.67. The first kappa shape index (κ1) is 11.8. The van der Waals surface area contributed by atoms with Gasteiger partial charge in [-0.3, -0.25) is 11.3 Å². The summed E-state index contributed by atoms with van der Waals surface area (Å²) in [7, 11) is 0. The van der Waals surface area contributed by atoms with Gasteiger partial charge in [0.05, 0.1) is 0 Å². The summed E-state index contributed by atoms with van der Waals surface area (Å²) >= 11 is 1.75. The molecule has 1 aromatic heterocycles. The van der Waals surface area contributed by atoms with Crippen molar-refractivity contribution in [2.75, 3.05) is 0 Å². The van der Waals surface area contributed by atoms with E-state index in [1.165, 1.54) is 43.2 Å². The maximum Gasteiger partial charge on any atom is 0.0460 e. The van der Waals surface area contributed by atoms with E-state index < -0.39 is 0 Å². The van der Waals surface area contributed by atoms with Crippen molar-refractivity contribution in [3.63, 3.8) is 0 Å². The summed E-state index contributed by atoms with van der Waals surface area (Å²) in [4.78, 5) is 0. The van der Waals surface area contributed by atoms with Crippen LogP contribution in [0.25, 0.3) is 0 Å². The molecule has 1 aliphatic rings. The normalized spacial score (nSPS) is 18.9. The summed E-state index contributed by atoms with van der Waals surface area (Å²) in [6.07, 6.45) is 9.84. The fraction of sp³-hybridized carbons (Fsp3) is 0.538. The molecule has 0 spiro atoms. The second-order valence-corrected chi connectivity index (χ2v) is 5.21. The van der Waals surface area contributed by atoms with E-state index in [0.717, 1.165) is 6.42 Å². The average molecular weight is 236 g/mol. The number of hydrazine groups is 1. The van der Waals surface area contributed by atoms with Crippen molar-refractivity contribution in [3.05, 3.63) is 34.0 Å². The standard InChI is InChI=1S/C13H20N2S/c14-15-13(9-11-7-8-16-10-11)12-5-3-1-2-4-6-12/h5,7-8,10,13,15H,1-4,6,9,14H2. The SMILES string of the molecule is NNC(Cc1ccsc1)C1=CCCCCC1. The molecule has 1 aromatic rings. The molecule has 0 aromatic carbocycles. The lowest BCUT2D eigenvalue weighted by atomic mass is 9.97. The monoisotopic (exact) mass is 236 g/mol. The topological polar surface area (TPSA) is 38.0 Å². The van der Waals surface area contributed by atoms with Crippen LogP contribution in [0.3, 0.4) is 0 Å². The smallest absolute Gasteiger partial charge is 0.0460 e. The minimum absolute atomic E-state index is 0.327. The highest BCUT2D eigenvalue weighted by molar-refractivity contribution is 7.07. The molecule has 0 aliphatic heterocycles. The molecule has 0 bridgehead atoms. The number of nitrogens with one attached hydrogen (secondary N) is 1. The van der Waals surface area contributed by atoms with Gasteiger partial charge in [-0.25, -0.2) is 0 Å². The van der Waals surface area contributed by atoms with Gasteiger partial charge < -0.3 is 0 Å². The predicted octanol–water partition coefficient (Wildman–Crippen LogP) is 3.01. The molecule has 1 unspecified atom stereocenters. The molecule has 3 N–H and O–H groups in total. The van der Waals surface area contributed by atoms with Crippen molar-refractivity contribution >= 4 is 11.3 Å². The lowest BCUT2D eigenvalue weighted by molar-refractivity contribution is 0.565. The highest BCUT2D eigenvalue weighted by atomic mass is 32.1. The van der Waals surface area contributed by atoms with Crippen LogP contribution in [-0.2, 0) is 6.42 Å². The minimum Gasteiger partial charge on any atom is -0.271 e. The molecule has 2 nitrogen and oxygen atoms in total. The first-order valence-electron chi connectivity index (χ1n) is 6.06. The van der Waals surface area contributed by atoms with E-state index in [4.69, 9.17) is 5.84 Å². The molecule has 1 aliphatic carbocycles. The van der Waals surface area contributed by atoms with E-state index in [1.807, 2.05) is 0 Å². The van der Waals surface area contributed by atoms with E-state index in [9.17, 15) is 0 Å².